The van der Waals surface area contributed by atoms with Crippen LogP contribution in [0.5, 0.6) is 5.75 Å². The van der Waals surface area contributed by atoms with Crippen molar-refractivity contribution in [2.45, 2.75) is 13.5 Å². The summed E-state index contributed by atoms with van der Waals surface area (Å²) in [6.07, 6.45) is 0. The van der Waals surface area contributed by atoms with Crippen LogP contribution in [0.1, 0.15) is 17.3 Å². The van der Waals surface area contributed by atoms with Gasteiger partial charge in [-0.3, -0.25) is 9.59 Å². The summed E-state index contributed by atoms with van der Waals surface area (Å²) >= 11 is 7.00. The van der Waals surface area contributed by atoms with E-state index in [9.17, 15) is 14.4 Å². The minimum atomic E-state index is -0.536. The lowest BCUT2D eigenvalue weighted by Crippen LogP contribution is -2.23. The second-order valence-electron chi connectivity index (χ2n) is 6.20. The van der Waals surface area contributed by atoms with E-state index >= 15 is 0 Å². The van der Waals surface area contributed by atoms with Crippen LogP contribution in [-0.2, 0) is 25.6 Å². The Morgan fingerprint density at radius 3 is 2.55 bits per heavy atom. The van der Waals surface area contributed by atoms with E-state index in [0.29, 0.717) is 26.6 Å². The van der Waals surface area contributed by atoms with Crippen molar-refractivity contribution in [2.24, 2.45) is 4.99 Å². The topological polar surface area (TPSA) is 96.2 Å². The molecule has 8 nitrogen and oxygen atoms in total. The molecule has 0 atom stereocenters. The van der Waals surface area contributed by atoms with Crippen LogP contribution >= 0.6 is 22.9 Å². The molecule has 0 saturated heterocycles. The molecule has 1 heterocycles. The van der Waals surface area contributed by atoms with Crippen LogP contribution in [0.25, 0.3) is 10.2 Å². The number of hydrogen-bond acceptors (Lipinski definition) is 7. The predicted molar refractivity (Wildman–Crippen MR) is 115 cm³/mol. The smallest absolute Gasteiger partial charge is 0.338 e. The minimum Gasteiger partial charge on any atom is -0.484 e. The van der Waals surface area contributed by atoms with Crippen LogP contribution in [0, 0.1) is 0 Å². The number of nitrogens with zero attached hydrogens (tertiary/aromatic N) is 2. The number of benzene rings is 2. The third-order valence-corrected chi connectivity index (χ3v) is 5.40. The van der Waals surface area contributed by atoms with Gasteiger partial charge in [0.15, 0.2) is 11.4 Å². The molecule has 0 saturated carbocycles. The van der Waals surface area contributed by atoms with Gasteiger partial charge in [-0.1, -0.05) is 22.9 Å². The van der Waals surface area contributed by atoms with Gasteiger partial charge < -0.3 is 18.8 Å². The van der Waals surface area contributed by atoms with Crippen molar-refractivity contribution in [2.75, 3.05) is 20.3 Å². The Balaban J connectivity index is 1.92. The van der Waals surface area contributed by atoms with Gasteiger partial charge in [-0.05, 0) is 49.4 Å². The summed E-state index contributed by atoms with van der Waals surface area (Å²) in [6.45, 7) is 1.55. The number of ether oxygens (including phenoxy) is 3. The van der Waals surface area contributed by atoms with Crippen LogP contribution in [0.2, 0.25) is 5.02 Å². The van der Waals surface area contributed by atoms with Gasteiger partial charge in [0, 0.05) is 5.02 Å². The molecule has 31 heavy (non-hydrogen) atoms. The number of aromatic nitrogens is 1. The number of carbonyl (C=O) groups is 3. The van der Waals surface area contributed by atoms with E-state index in [1.54, 1.807) is 54.0 Å². The average Bonchev–Trinajstić information content (AvgIpc) is 3.09. The molecule has 2 aromatic carbocycles. The highest BCUT2D eigenvalue weighted by Gasteiger charge is 2.15. The largest absolute Gasteiger partial charge is 0.484 e. The second kappa shape index (κ2) is 10.2. The Hall–Kier alpha value is -3.17. The van der Waals surface area contributed by atoms with Crippen LogP contribution in [0.3, 0.4) is 0 Å². The number of methoxy groups -OCH3 is 1. The summed E-state index contributed by atoms with van der Waals surface area (Å²) in [5.74, 6) is -1.01. The van der Waals surface area contributed by atoms with Crippen LogP contribution in [-0.4, -0.2) is 42.7 Å². The third-order valence-electron chi connectivity index (χ3n) is 4.11. The van der Waals surface area contributed by atoms with Crippen molar-refractivity contribution in [3.8, 4) is 5.75 Å². The number of thiazole rings is 1. The molecule has 3 aromatic rings. The molecule has 1 aromatic heterocycles. The maximum absolute atomic E-state index is 12.4. The molecule has 0 unspecified atom stereocenters. The second-order valence-corrected chi connectivity index (χ2v) is 7.64. The highest BCUT2D eigenvalue weighted by molar-refractivity contribution is 7.16. The fourth-order valence-corrected chi connectivity index (χ4v) is 3.87. The number of amides is 1. The number of hydrogen-bond donors (Lipinski definition) is 0. The molecule has 162 valence electrons. The molecule has 0 spiro atoms. The van der Waals surface area contributed by atoms with Crippen molar-refractivity contribution in [3.63, 3.8) is 0 Å². The first-order chi connectivity index (χ1) is 14.9. The first kappa shape index (κ1) is 22.5. The molecule has 0 aliphatic heterocycles. The first-order valence-corrected chi connectivity index (χ1v) is 10.4. The number of esters is 2. The van der Waals surface area contributed by atoms with Gasteiger partial charge in [0.2, 0.25) is 0 Å². The summed E-state index contributed by atoms with van der Waals surface area (Å²) in [6, 6.07) is 11.5. The number of fused-ring (bicyclic) bond motifs is 1. The van der Waals surface area contributed by atoms with E-state index in [0.717, 1.165) is 11.3 Å². The average molecular weight is 463 g/mol. The molecular formula is C21H19ClN2O6S. The zero-order chi connectivity index (χ0) is 22.4. The Morgan fingerprint density at radius 1 is 1.13 bits per heavy atom. The van der Waals surface area contributed by atoms with E-state index < -0.39 is 17.8 Å². The molecular weight excluding hydrogens is 444 g/mol. The van der Waals surface area contributed by atoms with E-state index in [4.69, 9.17) is 25.8 Å². The van der Waals surface area contributed by atoms with Gasteiger partial charge in [-0.15, -0.1) is 0 Å². The van der Waals surface area contributed by atoms with Crippen molar-refractivity contribution in [1.29, 1.82) is 0 Å². The Kier molecular flexibility index (Phi) is 7.43. The van der Waals surface area contributed by atoms with Gasteiger partial charge in [-0.25, -0.2) is 4.79 Å². The van der Waals surface area contributed by atoms with Crippen molar-refractivity contribution >= 4 is 51.0 Å². The Labute approximate surface area is 186 Å². The zero-order valence-electron chi connectivity index (χ0n) is 16.8. The summed E-state index contributed by atoms with van der Waals surface area (Å²) < 4.78 is 17.4. The quantitative estimate of drug-likeness (QED) is 0.500. The molecule has 0 N–H and O–H groups in total. The highest BCUT2D eigenvalue weighted by Crippen LogP contribution is 2.20. The van der Waals surface area contributed by atoms with Gasteiger partial charge in [0.05, 0.1) is 29.5 Å². The maximum Gasteiger partial charge on any atom is 0.338 e. The monoisotopic (exact) mass is 462 g/mol. The summed E-state index contributed by atoms with van der Waals surface area (Å²) in [7, 11) is 1.28. The third kappa shape index (κ3) is 5.71. The standard InChI is InChI=1S/C21H19ClN2O6S/c1-3-29-20(27)13-4-9-16-17(10-13)31-21(24(16)11-19(26)28-2)23-18(25)12-30-15-7-5-14(22)6-8-15/h4-10H,3,11-12H2,1-2H3. The molecule has 0 radical (unpaired) electrons. The number of rotatable bonds is 7. The molecule has 10 heteroatoms. The van der Waals surface area contributed by atoms with E-state index in [-0.39, 0.29) is 24.6 Å². The van der Waals surface area contributed by atoms with E-state index in [2.05, 4.69) is 4.99 Å². The fraction of sp³-hybridized carbons (Fsp3) is 0.238. The normalized spacial score (nSPS) is 11.4. The van der Waals surface area contributed by atoms with Crippen LogP contribution < -0.4 is 9.54 Å². The molecule has 1 amide bonds. The van der Waals surface area contributed by atoms with Crippen molar-refractivity contribution in [3.05, 3.63) is 57.9 Å². The van der Waals surface area contributed by atoms with Gasteiger partial charge in [0.25, 0.3) is 5.91 Å². The summed E-state index contributed by atoms with van der Waals surface area (Å²) in [5.41, 5.74) is 0.999. The Morgan fingerprint density at radius 2 is 1.87 bits per heavy atom. The Bertz CT molecular complexity index is 1180. The summed E-state index contributed by atoms with van der Waals surface area (Å²) in [5, 5.41) is 0.555. The number of carbonyl (C=O) groups excluding carboxylic acids is 3. The molecule has 0 aliphatic carbocycles. The molecule has 0 aliphatic rings. The van der Waals surface area contributed by atoms with Crippen molar-refractivity contribution < 1.29 is 28.6 Å². The van der Waals surface area contributed by atoms with E-state index in [1.165, 1.54) is 7.11 Å². The van der Waals surface area contributed by atoms with Crippen molar-refractivity contribution in [1.82, 2.24) is 4.57 Å². The lowest BCUT2D eigenvalue weighted by Gasteiger charge is -2.05. The maximum atomic E-state index is 12.4. The van der Waals surface area contributed by atoms with Gasteiger partial charge in [0.1, 0.15) is 12.3 Å². The molecule has 0 bridgehead atoms. The number of halogens is 1. The first-order valence-electron chi connectivity index (χ1n) is 9.24. The van der Waals surface area contributed by atoms with Crippen LogP contribution in [0.15, 0.2) is 47.5 Å². The summed E-state index contributed by atoms with van der Waals surface area (Å²) in [4.78, 5) is 40.7. The minimum absolute atomic E-state index is 0.139. The molecule has 3 rings (SSSR count). The van der Waals surface area contributed by atoms with Gasteiger partial charge >= 0.3 is 11.9 Å². The van der Waals surface area contributed by atoms with Gasteiger partial charge in [-0.2, -0.15) is 4.99 Å². The lowest BCUT2D eigenvalue weighted by atomic mass is 10.2. The predicted octanol–water partition coefficient (Wildman–Crippen LogP) is 3.21. The SMILES string of the molecule is CCOC(=O)c1ccc2c(c1)sc(=NC(=O)COc1ccc(Cl)cc1)n2CC(=O)OC. The fourth-order valence-electron chi connectivity index (χ4n) is 2.66. The molecule has 0 fully saturated rings. The van der Waals surface area contributed by atoms with E-state index in [1.807, 2.05) is 0 Å². The zero-order valence-corrected chi connectivity index (χ0v) is 18.4. The van der Waals surface area contributed by atoms with Crippen LogP contribution in [0.4, 0.5) is 0 Å². The highest BCUT2D eigenvalue weighted by atomic mass is 35.5. The lowest BCUT2D eigenvalue weighted by molar-refractivity contribution is -0.141.